The molecule has 0 radical (unpaired) electrons. The fourth-order valence-electron chi connectivity index (χ4n) is 3.74. The van der Waals surface area contributed by atoms with Crippen molar-refractivity contribution in [1.82, 2.24) is 15.2 Å². The number of nitrogens with one attached hydrogen (secondary N) is 1. The van der Waals surface area contributed by atoms with E-state index in [0.29, 0.717) is 17.3 Å². The highest BCUT2D eigenvalue weighted by atomic mass is 16.2. The maximum atomic E-state index is 12.6. The van der Waals surface area contributed by atoms with E-state index in [4.69, 9.17) is 0 Å². The number of pyridine rings is 1. The summed E-state index contributed by atoms with van der Waals surface area (Å²) in [5.74, 6) is 0.457. The molecule has 136 valence electrons. The van der Waals surface area contributed by atoms with Gasteiger partial charge >= 0.3 is 0 Å². The Labute approximate surface area is 150 Å². The minimum atomic E-state index is -0.159. The fraction of sp³-hybridized carbons (Fsp3) is 0.650. The molecule has 0 spiro atoms. The SMILES string of the molecule is CC1CCN(C(=O)c2cccc(C(=O)NC3CCCCCC3)n2)CC1. The second kappa shape index (κ2) is 8.45. The lowest BCUT2D eigenvalue weighted by Gasteiger charge is -2.30. The van der Waals surface area contributed by atoms with Crippen molar-refractivity contribution in [3.63, 3.8) is 0 Å². The highest BCUT2D eigenvalue weighted by molar-refractivity contribution is 5.96. The van der Waals surface area contributed by atoms with Crippen LogP contribution >= 0.6 is 0 Å². The smallest absolute Gasteiger partial charge is 0.272 e. The summed E-state index contributed by atoms with van der Waals surface area (Å²) in [7, 11) is 0. The Morgan fingerprint density at radius 2 is 1.64 bits per heavy atom. The third-order valence-corrected chi connectivity index (χ3v) is 5.46. The molecule has 1 saturated carbocycles. The third kappa shape index (κ3) is 4.80. The van der Waals surface area contributed by atoms with Crippen LogP contribution in [0.5, 0.6) is 0 Å². The molecule has 0 atom stereocenters. The third-order valence-electron chi connectivity index (χ3n) is 5.46. The summed E-state index contributed by atoms with van der Waals surface area (Å²) in [6.45, 7) is 3.78. The van der Waals surface area contributed by atoms with Gasteiger partial charge < -0.3 is 10.2 Å². The van der Waals surface area contributed by atoms with Crippen LogP contribution in [0.4, 0.5) is 0 Å². The summed E-state index contributed by atoms with van der Waals surface area (Å²) in [6.07, 6.45) is 8.99. The highest BCUT2D eigenvalue weighted by Crippen LogP contribution is 2.19. The lowest BCUT2D eigenvalue weighted by atomic mass is 9.99. The Kier molecular flexibility index (Phi) is 6.05. The Balaban J connectivity index is 1.64. The van der Waals surface area contributed by atoms with Crippen molar-refractivity contribution in [2.45, 2.75) is 64.3 Å². The molecule has 5 nitrogen and oxygen atoms in total. The first-order chi connectivity index (χ1) is 12.1. The van der Waals surface area contributed by atoms with E-state index in [1.165, 1.54) is 25.7 Å². The predicted octanol–water partition coefficient (Wildman–Crippen LogP) is 3.41. The summed E-state index contributed by atoms with van der Waals surface area (Å²) < 4.78 is 0. The Morgan fingerprint density at radius 1 is 1.00 bits per heavy atom. The zero-order chi connectivity index (χ0) is 17.6. The lowest BCUT2D eigenvalue weighted by molar-refractivity contribution is 0.0691. The number of rotatable bonds is 3. The summed E-state index contributed by atoms with van der Waals surface area (Å²) in [6, 6.07) is 5.40. The second-order valence-electron chi connectivity index (χ2n) is 7.54. The Morgan fingerprint density at radius 3 is 2.32 bits per heavy atom. The number of hydrogen-bond acceptors (Lipinski definition) is 3. The number of aromatic nitrogens is 1. The number of hydrogen-bond donors (Lipinski definition) is 1. The van der Waals surface area contributed by atoms with Gasteiger partial charge in [0.2, 0.25) is 0 Å². The van der Waals surface area contributed by atoms with Crippen LogP contribution in [0, 0.1) is 5.92 Å². The Bertz CT molecular complexity index is 601. The van der Waals surface area contributed by atoms with Crippen molar-refractivity contribution in [1.29, 1.82) is 0 Å². The quantitative estimate of drug-likeness (QED) is 0.856. The van der Waals surface area contributed by atoms with E-state index < -0.39 is 0 Å². The van der Waals surface area contributed by atoms with E-state index >= 15 is 0 Å². The van der Waals surface area contributed by atoms with Gasteiger partial charge in [-0.15, -0.1) is 0 Å². The molecule has 1 aromatic rings. The molecule has 0 aromatic carbocycles. The number of likely N-dealkylation sites (tertiary alicyclic amines) is 1. The van der Waals surface area contributed by atoms with Gasteiger partial charge in [-0.2, -0.15) is 0 Å². The maximum Gasteiger partial charge on any atom is 0.272 e. The first-order valence-corrected chi connectivity index (χ1v) is 9.70. The summed E-state index contributed by atoms with van der Waals surface area (Å²) in [5, 5.41) is 3.10. The molecule has 1 aromatic heterocycles. The largest absolute Gasteiger partial charge is 0.348 e. The second-order valence-corrected chi connectivity index (χ2v) is 7.54. The number of carbonyl (C=O) groups excluding carboxylic acids is 2. The zero-order valence-electron chi connectivity index (χ0n) is 15.2. The lowest BCUT2D eigenvalue weighted by Crippen LogP contribution is -2.39. The van der Waals surface area contributed by atoms with Gasteiger partial charge in [0.15, 0.2) is 0 Å². The molecule has 1 N–H and O–H groups in total. The van der Waals surface area contributed by atoms with E-state index in [-0.39, 0.29) is 17.9 Å². The number of carbonyl (C=O) groups is 2. The first-order valence-electron chi connectivity index (χ1n) is 9.70. The van der Waals surface area contributed by atoms with Crippen molar-refractivity contribution < 1.29 is 9.59 Å². The average molecular weight is 343 g/mol. The maximum absolute atomic E-state index is 12.6. The summed E-state index contributed by atoms with van der Waals surface area (Å²) in [5.41, 5.74) is 0.726. The topological polar surface area (TPSA) is 62.3 Å². The van der Waals surface area contributed by atoms with Crippen LogP contribution in [0.15, 0.2) is 18.2 Å². The minimum Gasteiger partial charge on any atom is -0.348 e. The van der Waals surface area contributed by atoms with Crippen LogP contribution in [-0.2, 0) is 0 Å². The van der Waals surface area contributed by atoms with Crippen LogP contribution in [0.1, 0.15) is 79.3 Å². The van der Waals surface area contributed by atoms with E-state index in [9.17, 15) is 9.59 Å². The molecule has 5 heteroatoms. The van der Waals surface area contributed by atoms with Gasteiger partial charge in [0.25, 0.3) is 11.8 Å². The van der Waals surface area contributed by atoms with Gasteiger partial charge in [-0.3, -0.25) is 9.59 Å². The molecule has 2 fully saturated rings. The van der Waals surface area contributed by atoms with Crippen LogP contribution in [0.25, 0.3) is 0 Å². The molecule has 2 heterocycles. The predicted molar refractivity (Wildman–Crippen MR) is 97.5 cm³/mol. The molecule has 0 bridgehead atoms. The van der Waals surface area contributed by atoms with Gasteiger partial charge in [-0.1, -0.05) is 38.7 Å². The van der Waals surface area contributed by atoms with Crippen molar-refractivity contribution in [3.05, 3.63) is 29.6 Å². The molecular weight excluding hydrogens is 314 g/mol. The van der Waals surface area contributed by atoms with Crippen LogP contribution in [0.2, 0.25) is 0 Å². The van der Waals surface area contributed by atoms with Crippen molar-refractivity contribution in [2.24, 2.45) is 5.92 Å². The molecule has 2 amide bonds. The first kappa shape index (κ1) is 17.9. The molecular formula is C20H29N3O2. The van der Waals surface area contributed by atoms with E-state index in [1.807, 2.05) is 4.90 Å². The van der Waals surface area contributed by atoms with Gasteiger partial charge in [-0.05, 0) is 43.7 Å². The highest BCUT2D eigenvalue weighted by Gasteiger charge is 2.23. The minimum absolute atomic E-state index is 0.0592. The monoisotopic (exact) mass is 343 g/mol. The van der Waals surface area contributed by atoms with Gasteiger partial charge in [-0.25, -0.2) is 4.98 Å². The van der Waals surface area contributed by atoms with Crippen molar-refractivity contribution in [3.8, 4) is 0 Å². The normalized spacial score (nSPS) is 20.1. The summed E-state index contributed by atoms with van der Waals surface area (Å²) >= 11 is 0. The molecule has 0 unspecified atom stereocenters. The van der Waals surface area contributed by atoms with Crippen LogP contribution < -0.4 is 5.32 Å². The molecule has 1 aliphatic heterocycles. The number of piperidine rings is 1. The van der Waals surface area contributed by atoms with Gasteiger partial charge in [0.05, 0.1) is 0 Å². The molecule has 2 aliphatic rings. The van der Waals surface area contributed by atoms with E-state index in [1.54, 1.807) is 18.2 Å². The average Bonchev–Trinajstić information content (AvgIpc) is 2.90. The van der Waals surface area contributed by atoms with E-state index in [0.717, 1.165) is 38.8 Å². The fourth-order valence-corrected chi connectivity index (χ4v) is 3.74. The van der Waals surface area contributed by atoms with Crippen molar-refractivity contribution in [2.75, 3.05) is 13.1 Å². The van der Waals surface area contributed by atoms with Crippen LogP contribution in [-0.4, -0.2) is 40.8 Å². The van der Waals surface area contributed by atoms with E-state index in [2.05, 4.69) is 17.2 Å². The molecule has 25 heavy (non-hydrogen) atoms. The van der Waals surface area contributed by atoms with Crippen LogP contribution in [0.3, 0.4) is 0 Å². The molecule has 1 saturated heterocycles. The molecule has 1 aliphatic carbocycles. The van der Waals surface area contributed by atoms with Gasteiger partial charge in [0.1, 0.15) is 11.4 Å². The van der Waals surface area contributed by atoms with Crippen molar-refractivity contribution >= 4 is 11.8 Å². The zero-order valence-corrected chi connectivity index (χ0v) is 15.2. The van der Waals surface area contributed by atoms with Gasteiger partial charge in [0, 0.05) is 19.1 Å². The number of nitrogens with zero attached hydrogens (tertiary/aromatic N) is 2. The summed E-state index contributed by atoms with van der Waals surface area (Å²) in [4.78, 5) is 31.4. The molecule has 3 rings (SSSR count). The number of amides is 2. The standard InChI is InChI=1S/C20H29N3O2/c1-15-11-13-23(14-12-15)20(25)18-10-6-9-17(22-18)19(24)21-16-7-4-2-3-5-8-16/h6,9-10,15-16H,2-5,7-8,11-14H2,1H3,(H,21,24). The Hall–Kier alpha value is -1.91.